The van der Waals surface area contributed by atoms with E-state index in [1.807, 2.05) is 19.9 Å². The van der Waals surface area contributed by atoms with Crippen LogP contribution in [0.1, 0.15) is 19.4 Å². The lowest BCUT2D eigenvalue weighted by atomic mass is 10.0. The van der Waals surface area contributed by atoms with Gasteiger partial charge in [0.05, 0.1) is 5.69 Å². The van der Waals surface area contributed by atoms with E-state index < -0.39 is 11.6 Å². The number of rotatable bonds is 1. The van der Waals surface area contributed by atoms with E-state index in [1.165, 1.54) is 12.1 Å². The van der Waals surface area contributed by atoms with Crippen molar-refractivity contribution in [2.75, 3.05) is 0 Å². The second kappa shape index (κ2) is 6.09. The summed E-state index contributed by atoms with van der Waals surface area (Å²) < 4.78 is 25.9. The van der Waals surface area contributed by atoms with Crippen molar-refractivity contribution >= 4 is 0 Å². The maximum absolute atomic E-state index is 13.0. The molecule has 0 bridgehead atoms. The second-order valence-corrected chi connectivity index (χ2v) is 3.30. The topological polar surface area (TPSA) is 12.9 Å². The number of hydrogen-bond acceptors (Lipinski definition) is 1. The van der Waals surface area contributed by atoms with E-state index >= 15 is 0 Å². The molecule has 0 amide bonds. The van der Waals surface area contributed by atoms with Crippen LogP contribution in [0.4, 0.5) is 8.78 Å². The lowest BCUT2D eigenvalue weighted by Gasteiger charge is -2.05. The van der Waals surface area contributed by atoms with Gasteiger partial charge in [0.15, 0.2) is 11.6 Å². The van der Waals surface area contributed by atoms with Gasteiger partial charge >= 0.3 is 0 Å². The molecular formula is C14H15F2N. The van der Waals surface area contributed by atoms with Crippen molar-refractivity contribution in [3.8, 4) is 11.3 Å². The van der Waals surface area contributed by atoms with Crippen LogP contribution in [0.5, 0.6) is 0 Å². The van der Waals surface area contributed by atoms with Crippen LogP contribution in [0, 0.1) is 18.6 Å². The monoisotopic (exact) mass is 235 g/mol. The number of nitrogens with zero attached hydrogens (tertiary/aromatic N) is 1. The minimum absolute atomic E-state index is 0.620. The minimum Gasteiger partial charge on any atom is -0.256 e. The molecule has 1 aromatic heterocycles. The van der Waals surface area contributed by atoms with Gasteiger partial charge < -0.3 is 0 Å². The van der Waals surface area contributed by atoms with Crippen molar-refractivity contribution in [3.05, 3.63) is 53.7 Å². The molecule has 17 heavy (non-hydrogen) atoms. The molecule has 0 saturated heterocycles. The van der Waals surface area contributed by atoms with Crippen molar-refractivity contribution in [1.29, 1.82) is 0 Å². The Bertz CT molecular complexity index is 481. The average Bonchev–Trinajstić information content (AvgIpc) is 2.37. The fraction of sp³-hybridized carbons (Fsp3) is 0.214. The Hall–Kier alpha value is -1.77. The normalized spacial score (nSPS) is 9.47. The predicted octanol–water partition coefficient (Wildman–Crippen LogP) is 4.36. The third-order valence-corrected chi connectivity index (χ3v) is 2.21. The SMILES string of the molecule is CC.Cc1cc(F)c(F)cc1-c1ccccn1. The number of benzene rings is 1. The lowest BCUT2D eigenvalue weighted by Crippen LogP contribution is -1.91. The third kappa shape index (κ3) is 3.09. The van der Waals surface area contributed by atoms with Crippen LogP contribution in [-0.2, 0) is 0 Å². The van der Waals surface area contributed by atoms with Crippen LogP contribution in [0.3, 0.4) is 0 Å². The zero-order chi connectivity index (χ0) is 12.8. The summed E-state index contributed by atoms with van der Waals surface area (Å²) in [5.74, 6) is -1.67. The smallest absolute Gasteiger partial charge is 0.159 e. The van der Waals surface area contributed by atoms with Crippen LogP contribution in [0.2, 0.25) is 0 Å². The van der Waals surface area contributed by atoms with Gasteiger partial charge in [-0.1, -0.05) is 19.9 Å². The standard InChI is InChI=1S/C12H9F2N.C2H6/c1-8-6-10(13)11(14)7-9(8)12-4-2-3-5-15-12;1-2/h2-7H,1H3;1-2H3. The molecule has 0 aliphatic rings. The predicted molar refractivity (Wildman–Crippen MR) is 65.7 cm³/mol. The molecule has 2 rings (SSSR count). The molecule has 1 aromatic carbocycles. The Kier molecular flexibility index (Phi) is 4.76. The molecule has 1 nitrogen and oxygen atoms in total. The van der Waals surface area contributed by atoms with Crippen LogP contribution < -0.4 is 0 Å². The van der Waals surface area contributed by atoms with E-state index in [9.17, 15) is 8.78 Å². The Morgan fingerprint density at radius 2 is 1.65 bits per heavy atom. The first kappa shape index (κ1) is 13.3. The number of aryl methyl sites for hydroxylation is 1. The summed E-state index contributed by atoms with van der Waals surface area (Å²) in [5.41, 5.74) is 1.94. The van der Waals surface area contributed by atoms with E-state index in [0.717, 1.165) is 0 Å². The van der Waals surface area contributed by atoms with Crippen LogP contribution in [-0.4, -0.2) is 4.98 Å². The Balaban J connectivity index is 0.000000686. The van der Waals surface area contributed by atoms with E-state index in [0.29, 0.717) is 16.8 Å². The van der Waals surface area contributed by atoms with Crippen LogP contribution >= 0.6 is 0 Å². The molecule has 0 N–H and O–H groups in total. The van der Waals surface area contributed by atoms with E-state index in [2.05, 4.69) is 4.98 Å². The van der Waals surface area contributed by atoms with Gasteiger partial charge in [-0.05, 0) is 36.8 Å². The summed E-state index contributed by atoms with van der Waals surface area (Å²) in [6.45, 7) is 5.73. The van der Waals surface area contributed by atoms with Gasteiger partial charge in [-0.2, -0.15) is 0 Å². The number of aromatic nitrogens is 1. The van der Waals surface area contributed by atoms with E-state index in [4.69, 9.17) is 0 Å². The molecule has 0 saturated carbocycles. The quantitative estimate of drug-likeness (QED) is 0.715. The molecule has 0 aliphatic carbocycles. The summed E-state index contributed by atoms with van der Waals surface area (Å²) >= 11 is 0. The van der Waals surface area contributed by atoms with Crippen molar-refractivity contribution in [3.63, 3.8) is 0 Å². The molecule has 0 fully saturated rings. The van der Waals surface area contributed by atoms with Crippen molar-refractivity contribution in [2.24, 2.45) is 0 Å². The van der Waals surface area contributed by atoms with Gasteiger partial charge in [0.25, 0.3) is 0 Å². The molecular weight excluding hydrogens is 220 g/mol. The zero-order valence-corrected chi connectivity index (χ0v) is 10.2. The largest absolute Gasteiger partial charge is 0.256 e. The number of hydrogen-bond donors (Lipinski definition) is 0. The van der Waals surface area contributed by atoms with Gasteiger partial charge in [0.1, 0.15) is 0 Å². The first-order chi connectivity index (χ1) is 8.18. The Labute approximate surface area is 100 Å². The average molecular weight is 235 g/mol. The molecule has 0 atom stereocenters. The van der Waals surface area contributed by atoms with Gasteiger partial charge in [-0.25, -0.2) is 8.78 Å². The Morgan fingerprint density at radius 3 is 2.24 bits per heavy atom. The fourth-order valence-corrected chi connectivity index (χ4v) is 1.44. The summed E-state index contributed by atoms with van der Waals surface area (Å²) in [6.07, 6.45) is 1.62. The molecule has 0 spiro atoms. The van der Waals surface area contributed by atoms with Crippen LogP contribution in [0.25, 0.3) is 11.3 Å². The number of pyridine rings is 1. The zero-order valence-electron chi connectivity index (χ0n) is 10.2. The summed E-state index contributed by atoms with van der Waals surface area (Å²) in [4.78, 5) is 4.09. The summed E-state index contributed by atoms with van der Waals surface area (Å²) in [5, 5.41) is 0. The van der Waals surface area contributed by atoms with Crippen LogP contribution in [0.15, 0.2) is 36.5 Å². The highest BCUT2D eigenvalue weighted by Gasteiger charge is 2.08. The van der Waals surface area contributed by atoms with Crippen molar-refractivity contribution in [2.45, 2.75) is 20.8 Å². The first-order valence-corrected chi connectivity index (χ1v) is 5.55. The molecule has 1 heterocycles. The molecule has 90 valence electrons. The van der Waals surface area contributed by atoms with Gasteiger partial charge in [0, 0.05) is 11.8 Å². The summed E-state index contributed by atoms with van der Waals surface area (Å²) in [6, 6.07) is 7.70. The highest BCUT2D eigenvalue weighted by Crippen LogP contribution is 2.23. The van der Waals surface area contributed by atoms with E-state index in [-0.39, 0.29) is 0 Å². The third-order valence-electron chi connectivity index (χ3n) is 2.21. The van der Waals surface area contributed by atoms with Gasteiger partial charge in [0.2, 0.25) is 0 Å². The van der Waals surface area contributed by atoms with Gasteiger partial charge in [-0.15, -0.1) is 0 Å². The maximum atomic E-state index is 13.0. The maximum Gasteiger partial charge on any atom is 0.159 e. The van der Waals surface area contributed by atoms with Gasteiger partial charge in [-0.3, -0.25) is 4.98 Å². The molecule has 0 radical (unpaired) electrons. The molecule has 3 heteroatoms. The number of halogens is 2. The lowest BCUT2D eigenvalue weighted by molar-refractivity contribution is 0.508. The first-order valence-electron chi connectivity index (χ1n) is 5.55. The van der Waals surface area contributed by atoms with Crippen molar-refractivity contribution in [1.82, 2.24) is 4.98 Å². The molecule has 0 aliphatic heterocycles. The van der Waals surface area contributed by atoms with Crippen molar-refractivity contribution < 1.29 is 8.78 Å². The molecule has 0 unspecified atom stereocenters. The highest BCUT2D eigenvalue weighted by molar-refractivity contribution is 5.63. The fourth-order valence-electron chi connectivity index (χ4n) is 1.44. The van der Waals surface area contributed by atoms with E-state index in [1.54, 1.807) is 25.3 Å². The summed E-state index contributed by atoms with van der Waals surface area (Å²) in [7, 11) is 0. The molecule has 2 aromatic rings. The second-order valence-electron chi connectivity index (χ2n) is 3.30. The Morgan fingerprint density at radius 1 is 1.00 bits per heavy atom. The minimum atomic E-state index is -0.846. The highest BCUT2D eigenvalue weighted by atomic mass is 19.2.